The maximum atomic E-state index is 13.3. The number of amides is 1. The molecular formula is C24H30N4O2S2. The van der Waals surface area contributed by atoms with E-state index in [1.54, 1.807) is 17.6 Å². The third-order valence-electron chi connectivity index (χ3n) is 6.13. The van der Waals surface area contributed by atoms with Crippen LogP contribution in [0.1, 0.15) is 56.2 Å². The van der Waals surface area contributed by atoms with Crippen molar-refractivity contribution in [3.63, 3.8) is 0 Å². The highest BCUT2D eigenvalue weighted by atomic mass is 32.2. The van der Waals surface area contributed by atoms with Crippen LogP contribution < -0.4 is 10.5 Å². The summed E-state index contributed by atoms with van der Waals surface area (Å²) in [7, 11) is 0. The van der Waals surface area contributed by atoms with Gasteiger partial charge in [0.05, 0.1) is 4.91 Å². The number of carbonyl (C=O) groups is 1. The van der Waals surface area contributed by atoms with Crippen LogP contribution in [0.3, 0.4) is 0 Å². The zero-order chi connectivity index (χ0) is 23.4. The minimum absolute atomic E-state index is 0.142. The van der Waals surface area contributed by atoms with Crippen molar-refractivity contribution in [3.05, 3.63) is 44.6 Å². The monoisotopic (exact) mass is 470 g/mol. The van der Waals surface area contributed by atoms with E-state index in [0.29, 0.717) is 33.8 Å². The van der Waals surface area contributed by atoms with Crippen LogP contribution in [0, 0.1) is 24.2 Å². The second-order valence-corrected chi connectivity index (χ2v) is 10.1. The summed E-state index contributed by atoms with van der Waals surface area (Å²) in [5.74, 6) is 1.29. The van der Waals surface area contributed by atoms with Gasteiger partial charge in [0.25, 0.3) is 11.5 Å². The molecule has 0 spiro atoms. The first-order chi connectivity index (χ1) is 15.3. The Morgan fingerprint density at radius 3 is 2.59 bits per heavy atom. The summed E-state index contributed by atoms with van der Waals surface area (Å²) in [6.07, 6.45) is 7.34. The molecule has 1 aromatic heterocycles. The number of piperidine rings is 1. The first-order valence-corrected chi connectivity index (χ1v) is 12.3. The van der Waals surface area contributed by atoms with E-state index in [1.807, 2.05) is 6.08 Å². The minimum Gasteiger partial charge on any atom is -0.357 e. The van der Waals surface area contributed by atoms with Crippen LogP contribution in [0.4, 0.5) is 5.82 Å². The van der Waals surface area contributed by atoms with E-state index in [1.165, 1.54) is 16.7 Å². The van der Waals surface area contributed by atoms with Gasteiger partial charge in [-0.1, -0.05) is 50.3 Å². The number of pyridine rings is 1. The van der Waals surface area contributed by atoms with Crippen molar-refractivity contribution in [2.45, 2.75) is 53.0 Å². The van der Waals surface area contributed by atoms with Crippen molar-refractivity contribution in [1.29, 1.82) is 5.26 Å². The summed E-state index contributed by atoms with van der Waals surface area (Å²) in [5, 5.41) is 9.77. The summed E-state index contributed by atoms with van der Waals surface area (Å²) < 4.78 is 2.24. The van der Waals surface area contributed by atoms with Crippen molar-refractivity contribution < 1.29 is 4.79 Å². The Morgan fingerprint density at radius 1 is 1.31 bits per heavy atom. The molecule has 0 radical (unpaired) electrons. The van der Waals surface area contributed by atoms with Crippen LogP contribution in [0.25, 0.3) is 6.08 Å². The first-order valence-electron chi connectivity index (χ1n) is 11.1. The zero-order valence-electron chi connectivity index (χ0n) is 19.0. The van der Waals surface area contributed by atoms with Crippen LogP contribution in [0.2, 0.25) is 0 Å². The lowest BCUT2D eigenvalue weighted by Gasteiger charge is -2.35. The van der Waals surface area contributed by atoms with Crippen molar-refractivity contribution in [3.8, 4) is 6.07 Å². The fourth-order valence-electron chi connectivity index (χ4n) is 4.15. The normalized spacial score (nSPS) is 18.5. The van der Waals surface area contributed by atoms with Crippen molar-refractivity contribution in [2.24, 2.45) is 5.92 Å². The Bertz CT molecular complexity index is 1060. The van der Waals surface area contributed by atoms with Gasteiger partial charge in [-0.3, -0.25) is 19.1 Å². The van der Waals surface area contributed by atoms with Crippen LogP contribution >= 0.6 is 24.0 Å². The van der Waals surface area contributed by atoms with Crippen LogP contribution in [0.5, 0.6) is 0 Å². The molecule has 1 amide bonds. The summed E-state index contributed by atoms with van der Waals surface area (Å²) >= 11 is 6.65. The van der Waals surface area contributed by atoms with Gasteiger partial charge in [-0.25, -0.2) is 0 Å². The van der Waals surface area contributed by atoms with Crippen molar-refractivity contribution >= 4 is 46.1 Å². The van der Waals surface area contributed by atoms with Crippen LogP contribution in [-0.4, -0.2) is 39.3 Å². The highest BCUT2D eigenvalue weighted by Crippen LogP contribution is 2.36. The Kier molecular flexibility index (Phi) is 7.96. The van der Waals surface area contributed by atoms with Gasteiger partial charge in [-0.2, -0.15) is 5.26 Å². The van der Waals surface area contributed by atoms with E-state index >= 15 is 0 Å². The molecule has 6 nitrogen and oxygen atoms in total. The molecule has 0 unspecified atom stereocenters. The lowest BCUT2D eigenvalue weighted by Crippen LogP contribution is -2.39. The predicted octanol–water partition coefficient (Wildman–Crippen LogP) is 4.45. The fraction of sp³-hybridized carbons (Fsp3) is 0.500. The molecule has 0 atom stereocenters. The molecule has 0 bridgehead atoms. The number of anilines is 1. The molecule has 2 aliphatic heterocycles. The number of thioether (sulfide) groups is 1. The first kappa shape index (κ1) is 24.3. The molecule has 1 aromatic rings. The quantitative estimate of drug-likeness (QED) is 0.333. The standard InChI is InChI=1S/C24H30N4O2S2/c1-5-7-11-27-21(26-12-8-16(3)9-13-26)18(17(4)19(15-25)22(27)29)14-20-23(30)28(10-6-2)24(31)32-20/h6,14,16H,2,5,7-13H2,1,3-4H3/b20-14+. The number of hydrogen-bond acceptors (Lipinski definition) is 6. The van der Waals surface area contributed by atoms with E-state index in [-0.39, 0.29) is 17.0 Å². The number of nitriles is 1. The highest BCUT2D eigenvalue weighted by Gasteiger charge is 2.33. The molecule has 3 rings (SSSR count). The molecular weight excluding hydrogens is 440 g/mol. The highest BCUT2D eigenvalue weighted by molar-refractivity contribution is 8.26. The Labute approximate surface area is 199 Å². The lowest BCUT2D eigenvalue weighted by molar-refractivity contribution is -0.121. The molecule has 0 aromatic carbocycles. The largest absolute Gasteiger partial charge is 0.357 e. The Morgan fingerprint density at radius 2 is 2.00 bits per heavy atom. The topological polar surface area (TPSA) is 69.3 Å². The van der Waals surface area contributed by atoms with Crippen LogP contribution in [-0.2, 0) is 11.3 Å². The van der Waals surface area contributed by atoms with Crippen LogP contribution in [0.15, 0.2) is 22.4 Å². The second-order valence-electron chi connectivity index (χ2n) is 8.41. The smallest absolute Gasteiger partial charge is 0.270 e. The molecule has 2 saturated heterocycles. The van der Waals surface area contributed by atoms with E-state index in [2.05, 4.69) is 31.4 Å². The third kappa shape index (κ3) is 4.69. The maximum absolute atomic E-state index is 13.3. The predicted molar refractivity (Wildman–Crippen MR) is 136 cm³/mol. The number of nitrogens with zero attached hydrogens (tertiary/aromatic N) is 4. The summed E-state index contributed by atoms with van der Waals surface area (Å²) in [6, 6.07) is 2.11. The number of rotatable bonds is 7. The van der Waals surface area contributed by atoms with E-state index in [9.17, 15) is 14.9 Å². The number of thiocarbonyl (C=S) groups is 1. The van der Waals surface area contributed by atoms with Gasteiger partial charge in [0.15, 0.2) is 0 Å². The third-order valence-corrected chi connectivity index (χ3v) is 7.50. The summed E-state index contributed by atoms with van der Waals surface area (Å²) in [4.78, 5) is 30.5. The molecule has 0 aliphatic carbocycles. The van der Waals surface area contributed by atoms with Gasteiger partial charge in [0, 0.05) is 31.7 Å². The van der Waals surface area contributed by atoms with Crippen molar-refractivity contribution in [2.75, 3.05) is 24.5 Å². The molecule has 3 heterocycles. The van der Waals surface area contributed by atoms with E-state index in [4.69, 9.17) is 12.2 Å². The van der Waals surface area contributed by atoms with Gasteiger partial charge in [-0.05, 0) is 43.7 Å². The minimum atomic E-state index is -0.247. The van der Waals surface area contributed by atoms with Gasteiger partial charge >= 0.3 is 0 Å². The van der Waals surface area contributed by atoms with Gasteiger partial charge in [0.2, 0.25) is 0 Å². The Balaban J connectivity index is 2.22. The van der Waals surface area contributed by atoms with Gasteiger partial charge in [-0.15, -0.1) is 6.58 Å². The molecule has 32 heavy (non-hydrogen) atoms. The number of carbonyl (C=O) groups excluding carboxylic acids is 1. The summed E-state index contributed by atoms with van der Waals surface area (Å²) in [5.41, 5.74) is 1.28. The molecule has 0 N–H and O–H groups in total. The molecule has 0 saturated carbocycles. The molecule has 170 valence electrons. The number of unbranched alkanes of at least 4 members (excludes halogenated alkanes) is 1. The molecule has 2 fully saturated rings. The van der Waals surface area contributed by atoms with E-state index in [0.717, 1.165) is 50.2 Å². The molecule has 2 aliphatic rings. The van der Waals surface area contributed by atoms with Gasteiger partial charge in [0.1, 0.15) is 21.8 Å². The lowest BCUT2D eigenvalue weighted by atomic mass is 9.97. The average molecular weight is 471 g/mol. The zero-order valence-corrected chi connectivity index (χ0v) is 20.7. The fourth-order valence-corrected chi connectivity index (χ4v) is 5.40. The second kappa shape index (κ2) is 10.5. The summed E-state index contributed by atoms with van der Waals surface area (Å²) in [6.45, 7) is 12.4. The maximum Gasteiger partial charge on any atom is 0.270 e. The SMILES string of the molecule is C=CCN1C(=O)/C(=C\c2c(C)c(C#N)c(=O)n(CCCC)c2N2CCC(C)CC2)SC1=S. The number of hydrogen-bond donors (Lipinski definition) is 0. The van der Waals surface area contributed by atoms with Gasteiger partial charge < -0.3 is 4.90 Å². The van der Waals surface area contributed by atoms with Crippen molar-refractivity contribution in [1.82, 2.24) is 9.47 Å². The molecule has 8 heteroatoms. The van der Waals surface area contributed by atoms with E-state index < -0.39 is 0 Å². The number of aromatic nitrogens is 1. The average Bonchev–Trinajstić information content (AvgIpc) is 3.03. The Hall–Kier alpha value is -2.37.